The number of ether oxygens (including phenoxy) is 2. The molecule has 0 bridgehead atoms. The van der Waals surface area contributed by atoms with Gasteiger partial charge in [0, 0.05) is 11.7 Å². The van der Waals surface area contributed by atoms with E-state index < -0.39 is 48.2 Å². The highest BCUT2D eigenvalue weighted by molar-refractivity contribution is 5.99. The Labute approximate surface area is 219 Å². The van der Waals surface area contributed by atoms with Crippen molar-refractivity contribution in [3.63, 3.8) is 0 Å². The number of aliphatic hydroxyl groups excluding tert-OH is 1. The number of rotatable bonds is 10. The standard InChI is InChI=1S/C28H39N3O6/c1-8-19-9-11-20(12-10-19)24(25(33)29-21-13-15-22(36-7)16-14-21)31(18(2)3)26(34)23(17-32)30-27(35)37-28(4,5)6/h9-16,18,23-24,32H,8,17H2,1-7H3,(H,29,33)(H,30,35). The summed E-state index contributed by atoms with van der Waals surface area (Å²) in [4.78, 5) is 41.1. The fraction of sp³-hybridized carbons (Fsp3) is 0.464. The predicted molar refractivity (Wildman–Crippen MR) is 142 cm³/mol. The fourth-order valence-electron chi connectivity index (χ4n) is 3.75. The molecule has 0 aliphatic carbocycles. The van der Waals surface area contributed by atoms with Crippen molar-refractivity contribution in [1.82, 2.24) is 10.2 Å². The van der Waals surface area contributed by atoms with E-state index in [1.54, 1.807) is 66.0 Å². The van der Waals surface area contributed by atoms with Gasteiger partial charge in [-0.3, -0.25) is 9.59 Å². The summed E-state index contributed by atoms with van der Waals surface area (Å²) in [6.07, 6.45) is -0.0162. The molecule has 2 unspecified atom stereocenters. The summed E-state index contributed by atoms with van der Waals surface area (Å²) in [5.74, 6) is -0.411. The number of nitrogens with zero attached hydrogens (tertiary/aromatic N) is 1. The molecule has 0 fully saturated rings. The molecular weight excluding hydrogens is 474 g/mol. The summed E-state index contributed by atoms with van der Waals surface area (Å²) in [6, 6.07) is 11.5. The minimum Gasteiger partial charge on any atom is -0.497 e. The second kappa shape index (κ2) is 13.1. The fourth-order valence-corrected chi connectivity index (χ4v) is 3.75. The smallest absolute Gasteiger partial charge is 0.408 e. The third-order valence-electron chi connectivity index (χ3n) is 5.57. The quantitative estimate of drug-likeness (QED) is 0.441. The normalized spacial score (nSPS) is 12.9. The second-order valence-corrected chi connectivity index (χ2v) is 9.94. The summed E-state index contributed by atoms with van der Waals surface area (Å²) >= 11 is 0. The van der Waals surface area contributed by atoms with Gasteiger partial charge in [0.2, 0.25) is 5.91 Å². The lowest BCUT2D eigenvalue weighted by atomic mass is 9.99. The van der Waals surface area contributed by atoms with Crippen LogP contribution in [0.3, 0.4) is 0 Å². The lowest BCUT2D eigenvalue weighted by molar-refractivity contribution is -0.143. The van der Waals surface area contributed by atoms with Crippen LogP contribution < -0.4 is 15.4 Å². The van der Waals surface area contributed by atoms with Crippen molar-refractivity contribution in [3.8, 4) is 5.75 Å². The molecule has 0 aromatic heterocycles. The van der Waals surface area contributed by atoms with Crippen LogP contribution in [0.15, 0.2) is 48.5 Å². The van der Waals surface area contributed by atoms with Crippen LogP contribution >= 0.6 is 0 Å². The van der Waals surface area contributed by atoms with E-state index in [2.05, 4.69) is 10.6 Å². The number of aryl methyl sites for hydroxylation is 1. The summed E-state index contributed by atoms with van der Waals surface area (Å²) in [7, 11) is 1.55. The highest BCUT2D eigenvalue weighted by Crippen LogP contribution is 2.27. The van der Waals surface area contributed by atoms with Crippen molar-refractivity contribution in [2.24, 2.45) is 0 Å². The highest BCUT2D eigenvalue weighted by Gasteiger charge is 2.37. The number of nitrogens with one attached hydrogen (secondary N) is 2. The minimum atomic E-state index is -1.30. The number of hydrogen-bond acceptors (Lipinski definition) is 6. The van der Waals surface area contributed by atoms with Crippen LogP contribution in [0, 0.1) is 0 Å². The molecule has 3 amide bonds. The zero-order valence-corrected chi connectivity index (χ0v) is 22.7. The molecule has 202 valence electrons. The van der Waals surface area contributed by atoms with Gasteiger partial charge in [-0.05, 0) is 76.4 Å². The number of carbonyl (C=O) groups excluding carboxylic acids is 3. The van der Waals surface area contributed by atoms with E-state index in [1.165, 1.54) is 4.90 Å². The first kappa shape index (κ1) is 29.6. The molecule has 2 aromatic rings. The van der Waals surface area contributed by atoms with Crippen molar-refractivity contribution < 1.29 is 29.0 Å². The monoisotopic (exact) mass is 513 g/mol. The van der Waals surface area contributed by atoms with Crippen LogP contribution in [0.1, 0.15) is 58.7 Å². The molecular formula is C28H39N3O6. The lowest BCUT2D eigenvalue weighted by Gasteiger charge is -2.37. The lowest BCUT2D eigenvalue weighted by Crippen LogP contribution is -2.55. The van der Waals surface area contributed by atoms with E-state index in [4.69, 9.17) is 9.47 Å². The molecule has 0 spiro atoms. The van der Waals surface area contributed by atoms with Crippen molar-refractivity contribution in [2.45, 2.75) is 71.7 Å². The van der Waals surface area contributed by atoms with Gasteiger partial charge >= 0.3 is 6.09 Å². The van der Waals surface area contributed by atoms with E-state index in [9.17, 15) is 19.5 Å². The van der Waals surface area contributed by atoms with Crippen LogP contribution in [0.25, 0.3) is 0 Å². The first-order valence-corrected chi connectivity index (χ1v) is 12.4. The zero-order valence-electron chi connectivity index (χ0n) is 22.7. The maximum atomic E-state index is 13.7. The van der Waals surface area contributed by atoms with Crippen LogP contribution in [-0.4, -0.2) is 59.3 Å². The van der Waals surface area contributed by atoms with Gasteiger partial charge in [-0.2, -0.15) is 0 Å². The molecule has 3 N–H and O–H groups in total. The van der Waals surface area contributed by atoms with Gasteiger partial charge in [0.05, 0.1) is 13.7 Å². The van der Waals surface area contributed by atoms with Gasteiger partial charge in [-0.1, -0.05) is 31.2 Å². The number of amides is 3. The van der Waals surface area contributed by atoms with Gasteiger partial charge in [0.15, 0.2) is 0 Å². The Kier molecular flexibility index (Phi) is 10.5. The summed E-state index contributed by atoms with van der Waals surface area (Å²) in [5, 5.41) is 15.3. The van der Waals surface area contributed by atoms with Gasteiger partial charge in [-0.25, -0.2) is 4.79 Å². The van der Waals surface area contributed by atoms with Crippen molar-refractivity contribution in [2.75, 3.05) is 19.0 Å². The Morgan fingerprint density at radius 2 is 1.59 bits per heavy atom. The number of carbonyl (C=O) groups is 3. The van der Waals surface area contributed by atoms with Gasteiger partial charge in [0.1, 0.15) is 23.4 Å². The first-order chi connectivity index (χ1) is 17.4. The Hall–Kier alpha value is -3.59. The Bertz CT molecular complexity index is 1050. The number of anilines is 1. The van der Waals surface area contributed by atoms with Gasteiger partial charge < -0.3 is 30.1 Å². The Balaban J connectivity index is 2.44. The molecule has 0 aliphatic heterocycles. The summed E-state index contributed by atoms with van der Waals surface area (Å²) in [5.41, 5.74) is 1.43. The second-order valence-electron chi connectivity index (χ2n) is 9.94. The van der Waals surface area contributed by atoms with Crippen molar-refractivity contribution in [3.05, 3.63) is 59.7 Å². The van der Waals surface area contributed by atoms with Gasteiger partial charge in [-0.15, -0.1) is 0 Å². The molecule has 2 atom stereocenters. The third kappa shape index (κ3) is 8.49. The largest absolute Gasteiger partial charge is 0.497 e. The Morgan fingerprint density at radius 1 is 1.00 bits per heavy atom. The summed E-state index contributed by atoms with van der Waals surface area (Å²) < 4.78 is 10.4. The maximum absolute atomic E-state index is 13.7. The first-order valence-electron chi connectivity index (χ1n) is 12.4. The van der Waals surface area contributed by atoms with E-state index in [-0.39, 0.29) is 0 Å². The molecule has 0 saturated carbocycles. The highest BCUT2D eigenvalue weighted by atomic mass is 16.6. The number of benzene rings is 2. The van der Waals surface area contributed by atoms with Crippen LogP contribution in [0.5, 0.6) is 5.75 Å². The van der Waals surface area contributed by atoms with E-state index in [0.717, 1.165) is 12.0 Å². The zero-order chi connectivity index (χ0) is 27.8. The average Bonchev–Trinajstić information content (AvgIpc) is 2.84. The van der Waals surface area contributed by atoms with E-state index >= 15 is 0 Å². The SMILES string of the molecule is CCc1ccc(C(C(=O)Nc2ccc(OC)cc2)N(C(=O)C(CO)NC(=O)OC(C)(C)C)C(C)C)cc1. The molecule has 2 rings (SSSR count). The number of hydrogen-bond donors (Lipinski definition) is 3. The molecule has 0 radical (unpaired) electrons. The third-order valence-corrected chi connectivity index (χ3v) is 5.57. The number of methoxy groups -OCH3 is 1. The Morgan fingerprint density at radius 3 is 2.05 bits per heavy atom. The van der Waals surface area contributed by atoms with Crippen molar-refractivity contribution >= 4 is 23.6 Å². The summed E-state index contributed by atoms with van der Waals surface area (Å²) in [6.45, 7) is 10.00. The molecule has 0 saturated heterocycles. The van der Waals surface area contributed by atoms with Crippen LogP contribution in [-0.2, 0) is 20.7 Å². The molecule has 9 heteroatoms. The number of aliphatic hydroxyl groups is 1. The van der Waals surface area contributed by atoms with Crippen molar-refractivity contribution in [1.29, 1.82) is 0 Å². The predicted octanol–water partition coefficient (Wildman–Crippen LogP) is 4.06. The minimum absolute atomic E-state index is 0.439. The van der Waals surface area contributed by atoms with Gasteiger partial charge in [0.25, 0.3) is 5.91 Å². The number of alkyl carbamates (subject to hydrolysis) is 1. The van der Waals surface area contributed by atoms with Crippen LogP contribution in [0.2, 0.25) is 0 Å². The van der Waals surface area contributed by atoms with E-state index in [0.29, 0.717) is 17.0 Å². The molecule has 9 nitrogen and oxygen atoms in total. The average molecular weight is 514 g/mol. The molecule has 37 heavy (non-hydrogen) atoms. The van der Waals surface area contributed by atoms with Crippen LogP contribution in [0.4, 0.5) is 10.5 Å². The maximum Gasteiger partial charge on any atom is 0.408 e. The topological polar surface area (TPSA) is 117 Å². The molecule has 0 heterocycles. The molecule has 2 aromatic carbocycles. The molecule has 0 aliphatic rings. The van der Waals surface area contributed by atoms with E-state index in [1.807, 2.05) is 31.2 Å².